The standard InChI is InChI=1S/C12H23BrO4/c1-14-5-6-15-7-8-16-9-10-17-12-4-2-3-11(12)13/h11-12H,2-10H2,1H3. The topological polar surface area (TPSA) is 36.9 Å². The predicted octanol–water partition coefficient (Wildman–Crippen LogP) is 2.00. The first-order chi connectivity index (χ1) is 8.34. The lowest BCUT2D eigenvalue weighted by molar-refractivity contribution is -0.0128. The third kappa shape index (κ3) is 7.36. The molecule has 0 aromatic rings. The van der Waals surface area contributed by atoms with E-state index >= 15 is 0 Å². The Labute approximate surface area is 112 Å². The lowest BCUT2D eigenvalue weighted by Gasteiger charge is -2.15. The molecule has 0 aliphatic heterocycles. The second-order valence-electron chi connectivity index (χ2n) is 4.07. The molecule has 17 heavy (non-hydrogen) atoms. The van der Waals surface area contributed by atoms with Gasteiger partial charge in [0.25, 0.3) is 0 Å². The highest BCUT2D eigenvalue weighted by atomic mass is 79.9. The zero-order valence-electron chi connectivity index (χ0n) is 10.5. The summed E-state index contributed by atoms with van der Waals surface area (Å²) in [4.78, 5) is 0.528. The maximum atomic E-state index is 5.73. The van der Waals surface area contributed by atoms with E-state index in [-0.39, 0.29) is 0 Å². The molecule has 2 atom stereocenters. The number of methoxy groups -OCH3 is 1. The molecule has 0 aromatic heterocycles. The van der Waals surface area contributed by atoms with Crippen molar-refractivity contribution in [1.29, 1.82) is 0 Å². The largest absolute Gasteiger partial charge is 0.382 e. The minimum Gasteiger partial charge on any atom is -0.382 e. The first-order valence-corrected chi connectivity index (χ1v) is 7.16. The monoisotopic (exact) mass is 310 g/mol. The summed E-state index contributed by atoms with van der Waals surface area (Å²) in [6, 6.07) is 0. The van der Waals surface area contributed by atoms with Crippen molar-refractivity contribution in [3.05, 3.63) is 0 Å². The van der Waals surface area contributed by atoms with Crippen LogP contribution in [-0.2, 0) is 18.9 Å². The molecule has 2 unspecified atom stereocenters. The van der Waals surface area contributed by atoms with E-state index in [2.05, 4.69) is 15.9 Å². The molecule has 5 heteroatoms. The number of rotatable bonds is 10. The van der Waals surface area contributed by atoms with Crippen LogP contribution in [0.25, 0.3) is 0 Å². The molecule has 0 saturated heterocycles. The average Bonchev–Trinajstić information content (AvgIpc) is 2.73. The molecule has 0 heterocycles. The highest BCUT2D eigenvalue weighted by Crippen LogP contribution is 2.27. The van der Waals surface area contributed by atoms with Crippen LogP contribution < -0.4 is 0 Å². The van der Waals surface area contributed by atoms with E-state index < -0.39 is 0 Å². The summed E-state index contributed by atoms with van der Waals surface area (Å²) >= 11 is 3.63. The van der Waals surface area contributed by atoms with E-state index in [9.17, 15) is 0 Å². The van der Waals surface area contributed by atoms with Crippen LogP contribution in [0.2, 0.25) is 0 Å². The molecule has 1 fully saturated rings. The van der Waals surface area contributed by atoms with Crippen LogP contribution in [0.4, 0.5) is 0 Å². The van der Waals surface area contributed by atoms with Gasteiger partial charge in [0.15, 0.2) is 0 Å². The zero-order valence-corrected chi connectivity index (χ0v) is 12.1. The minimum atomic E-state index is 0.372. The van der Waals surface area contributed by atoms with Crippen LogP contribution >= 0.6 is 15.9 Å². The maximum Gasteiger partial charge on any atom is 0.0704 e. The van der Waals surface area contributed by atoms with Gasteiger partial charge in [-0.2, -0.15) is 0 Å². The van der Waals surface area contributed by atoms with Crippen LogP contribution in [0, 0.1) is 0 Å². The normalized spacial score (nSPS) is 24.4. The van der Waals surface area contributed by atoms with Crippen molar-refractivity contribution >= 4 is 15.9 Å². The van der Waals surface area contributed by atoms with Gasteiger partial charge < -0.3 is 18.9 Å². The molecule has 1 aliphatic carbocycles. The predicted molar refractivity (Wildman–Crippen MR) is 69.8 cm³/mol. The highest BCUT2D eigenvalue weighted by molar-refractivity contribution is 9.09. The van der Waals surface area contributed by atoms with Crippen molar-refractivity contribution in [3.8, 4) is 0 Å². The van der Waals surface area contributed by atoms with Crippen molar-refractivity contribution in [2.24, 2.45) is 0 Å². The molecule has 0 N–H and O–H groups in total. The summed E-state index contributed by atoms with van der Waals surface area (Å²) in [6.45, 7) is 3.82. The maximum absolute atomic E-state index is 5.73. The molecule has 0 aromatic carbocycles. The number of hydrogen-bond donors (Lipinski definition) is 0. The summed E-state index contributed by atoms with van der Waals surface area (Å²) in [5.41, 5.74) is 0. The van der Waals surface area contributed by atoms with Crippen LogP contribution in [0.1, 0.15) is 19.3 Å². The Balaban J connectivity index is 1.78. The molecule has 0 amide bonds. The van der Waals surface area contributed by atoms with E-state index in [1.165, 1.54) is 12.8 Å². The molecular formula is C12H23BrO4. The smallest absolute Gasteiger partial charge is 0.0704 e. The van der Waals surface area contributed by atoms with E-state index in [1.807, 2.05) is 0 Å². The van der Waals surface area contributed by atoms with Crippen molar-refractivity contribution in [3.63, 3.8) is 0 Å². The molecule has 1 saturated carbocycles. The zero-order chi connectivity index (χ0) is 12.3. The van der Waals surface area contributed by atoms with Crippen LogP contribution in [0.5, 0.6) is 0 Å². The van der Waals surface area contributed by atoms with E-state index in [1.54, 1.807) is 7.11 Å². The van der Waals surface area contributed by atoms with Crippen LogP contribution in [-0.4, -0.2) is 57.7 Å². The quantitative estimate of drug-likeness (QED) is 0.457. The van der Waals surface area contributed by atoms with E-state index in [0.717, 1.165) is 6.42 Å². The molecule has 0 radical (unpaired) electrons. The Morgan fingerprint density at radius 1 is 0.941 bits per heavy atom. The van der Waals surface area contributed by atoms with E-state index in [4.69, 9.17) is 18.9 Å². The fourth-order valence-electron chi connectivity index (χ4n) is 1.79. The SMILES string of the molecule is COCCOCCOCCOC1CCCC1Br. The van der Waals surface area contributed by atoms with Gasteiger partial charge in [-0.1, -0.05) is 15.9 Å². The second-order valence-corrected chi connectivity index (χ2v) is 5.25. The van der Waals surface area contributed by atoms with Gasteiger partial charge in [0, 0.05) is 11.9 Å². The number of hydrogen-bond acceptors (Lipinski definition) is 4. The molecule has 102 valence electrons. The molecule has 1 aliphatic rings. The Bertz CT molecular complexity index is 180. The van der Waals surface area contributed by atoms with Crippen LogP contribution in [0.15, 0.2) is 0 Å². The van der Waals surface area contributed by atoms with Crippen LogP contribution in [0.3, 0.4) is 0 Å². The van der Waals surface area contributed by atoms with Crippen molar-refractivity contribution in [1.82, 2.24) is 0 Å². The lowest BCUT2D eigenvalue weighted by Crippen LogP contribution is -2.20. The molecule has 0 spiro atoms. The lowest BCUT2D eigenvalue weighted by atomic mass is 10.3. The van der Waals surface area contributed by atoms with Gasteiger partial charge in [-0.25, -0.2) is 0 Å². The average molecular weight is 311 g/mol. The van der Waals surface area contributed by atoms with Gasteiger partial charge in [-0.05, 0) is 19.3 Å². The third-order valence-electron chi connectivity index (χ3n) is 2.74. The summed E-state index contributed by atoms with van der Waals surface area (Å²) < 4.78 is 21.3. The van der Waals surface area contributed by atoms with Crippen molar-refractivity contribution in [2.75, 3.05) is 46.8 Å². The molecule has 4 nitrogen and oxygen atoms in total. The molecule has 1 rings (SSSR count). The van der Waals surface area contributed by atoms with Crippen molar-refractivity contribution < 1.29 is 18.9 Å². The second kappa shape index (κ2) is 10.3. The van der Waals surface area contributed by atoms with Crippen molar-refractivity contribution in [2.45, 2.75) is 30.2 Å². The van der Waals surface area contributed by atoms with Gasteiger partial charge in [0.1, 0.15) is 0 Å². The van der Waals surface area contributed by atoms with Gasteiger partial charge >= 0.3 is 0 Å². The number of halogens is 1. The summed E-state index contributed by atoms with van der Waals surface area (Å²) in [5, 5.41) is 0. The Morgan fingerprint density at radius 2 is 1.59 bits per heavy atom. The Kier molecular flexibility index (Phi) is 9.28. The number of alkyl halides is 1. The fourth-order valence-corrected chi connectivity index (χ4v) is 2.53. The Hall–Kier alpha value is 0.320. The molecule has 0 bridgehead atoms. The third-order valence-corrected chi connectivity index (χ3v) is 3.78. The Morgan fingerprint density at radius 3 is 2.18 bits per heavy atom. The summed E-state index contributed by atoms with van der Waals surface area (Å²) in [7, 11) is 1.66. The first kappa shape index (κ1) is 15.4. The molecular weight excluding hydrogens is 288 g/mol. The minimum absolute atomic E-state index is 0.372. The highest BCUT2D eigenvalue weighted by Gasteiger charge is 2.25. The number of ether oxygens (including phenoxy) is 4. The van der Waals surface area contributed by atoms with Gasteiger partial charge in [-0.3, -0.25) is 0 Å². The summed E-state index contributed by atoms with van der Waals surface area (Å²) in [6.07, 6.45) is 4.01. The summed E-state index contributed by atoms with van der Waals surface area (Å²) in [5.74, 6) is 0. The first-order valence-electron chi connectivity index (χ1n) is 6.24. The van der Waals surface area contributed by atoms with Gasteiger partial charge in [0.2, 0.25) is 0 Å². The van der Waals surface area contributed by atoms with E-state index in [0.29, 0.717) is 50.6 Å². The van der Waals surface area contributed by atoms with Gasteiger partial charge in [0.05, 0.1) is 45.7 Å². The fraction of sp³-hybridized carbons (Fsp3) is 1.00. The van der Waals surface area contributed by atoms with Gasteiger partial charge in [-0.15, -0.1) is 0 Å².